The first-order valence-electron chi connectivity index (χ1n) is 6.60. The highest BCUT2D eigenvalue weighted by Crippen LogP contribution is 2.13. The molecule has 0 saturated carbocycles. The highest BCUT2D eigenvalue weighted by Gasteiger charge is 2.10. The minimum Gasteiger partial charge on any atom is -0.306 e. The third kappa shape index (κ3) is 5.66. The Bertz CT molecular complexity index is 205. The fraction of sp³-hybridized carbons (Fsp3) is 0.857. The molecular weight excluding hydrogens is 196 g/mol. The van der Waals surface area contributed by atoms with Crippen molar-refractivity contribution in [2.75, 3.05) is 40.3 Å². The molecule has 2 aliphatic rings. The molecule has 0 radical (unpaired) electrons. The van der Waals surface area contributed by atoms with Crippen molar-refractivity contribution in [3.8, 4) is 0 Å². The lowest BCUT2D eigenvalue weighted by atomic mass is 10.00. The summed E-state index contributed by atoms with van der Waals surface area (Å²) < 4.78 is 0. The fourth-order valence-electron chi connectivity index (χ4n) is 2.01. The zero-order valence-corrected chi connectivity index (χ0v) is 11.5. The molecule has 0 aromatic heterocycles. The van der Waals surface area contributed by atoms with Gasteiger partial charge in [-0.15, -0.1) is 0 Å². The van der Waals surface area contributed by atoms with Gasteiger partial charge in [0, 0.05) is 13.1 Å². The quantitative estimate of drug-likeness (QED) is 0.584. The Morgan fingerprint density at radius 3 is 2.06 bits per heavy atom. The second-order valence-electron chi connectivity index (χ2n) is 5.55. The van der Waals surface area contributed by atoms with Crippen molar-refractivity contribution < 1.29 is 0 Å². The summed E-state index contributed by atoms with van der Waals surface area (Å²) in [6.45, 7) is 9.54. The van der Waals surface area contributed by atoms with Gasteiger partial charge in [-0.1, -0.05) is 18.6 Å². The Morgan fingerprint density at radius 1 is 1.06 bits per heavy atom. The van der Waals surface area contributed by atoms with Crippen molar-refractivity contribution in [2.24, 2.45) is 5.92 Å². The summed E-state index contributed by atoms with van der Waals surface area (Å²) in [6, 6.07) is 0. The molecule has 0 aliphatic carbocycles. The van der Waals surface area contributed by atoms with E-state index < -0.39 is 0 Å². The van der Waals surface area contributed by atoms with E-state index in [9.17, 15) is 0 Å². The minimum atomic E-state index is 0.978. The molecule has 0 bridgehead atoms. The van der Waals surface area contributed by atoms with E-state index in [0.717, 1.165) is 12.5 Å². The van der Waals surface area contributed by atoms with Gasteiger partial charge in [-0.05, 0) is 59.3 Å². The number of likely N-dealkylation sites (N-methyl/N-ethyl adjacent to an activating group) is 1. The van der Waals surface area contributed by atoms with Gasteiger partial charge in [0.1, 0.15) is 0 Å². The SMILES string of the molecule is CC1=CCN(C)CC1.CC1CCN(C)CC1. The molecule has 16 heavy (non-hydrogen) atoms. The third-order valence-corrected chi connectivity index (χ3v) is 3.65. The lowest BCUT2D eigenvalue weighted by Crippen LogP contribution is -2.28. The molecule has 1 fully saturated rings. The van der Waals surface area contributed by atoms with Crippen molar-refractivity contribution in [1.82, 2.24) is 9.80 Å². The van der Waals surface area contributed by atoms with E-state index >= 15 is 0 Å². The average molecular weight is 224 g/mol. The summed E-state index contributed by atoms with van der Waals surface area (Å²) in [5.41, 5.74) is 1.54. The Morgan fingerprint density at radius 2 is 1.69 bits per heavy atom. The molecule has 0 amide bonds. The normalized spacial score (nSPS) is 24.6. The van der Waals surface area contributed by atoms with Crippen LogP contribution in [0, 0.1) is 5.92 Å². The molecule has 0 N–H and O–H groups in total. The topological polar surface area (TPSA) is 6.48 Å². The van der Waals surface area contributed by atoms with Gasteiger partial charge in [0.15, 0.2) is 0 Å². The Balaban J connectivity index is 0.000000160. The third-order valence-electron chi connectivity index (χ3n) is 3.65. The second kappa shape index (κ2) is 7.08. The molecule has 0 unspecified atom stereocenters. The van der Waals surface area contributed by atoms with Crippen molar-refractivity contribution in [2.45, 2.75) is 33.1 Å². The smallest absolute Gasteiger partial charge is 0.0162 e. The molecular formula is C14H28N2. The predicted octanol–water partition coefficient (Wildman–Crippen LogP) is 2.62. The monoisotopic (exact) mass is 224 g/mol. The van der Waals surface area contributed by atoms with E-state index in [-0.39, 0.29) is 0 Å². The van der Waals surface area contributed by atoms with Crippen molar-refractivity contribution in [3.05, 3.63) is 11.6 Å². The zero-order chi connectivity index (χ0) is 12.0. The number of rotatable bonds is 0. The molecule has 1 saturated heterocycles. The van der Waals surface area contributed by atoms with E-state index in [2.05, 4.69) is 43.8 Å². The summed E-state index contributed by atoms with van der Waals surface area (Å²) >= 11 is 0. The summed E-state index contributed by atoms with van der Waals surface area (Å²) in [7, 11) is 4.36. The standard InChI is InChI=1S/C7H15N.C7H13N/c2*1-7-3-5-8(2)6-4-7/h7H,3-6H2,1-2H3;3H,4-6H2,1-2H3. The van der Waals surface area contributed by atoms with E-state index in [0.29, 0.717) is 0 Å². The van der Waals surface area contributed by atoms with E-state index in [1.807, 2.05) is 0 Å². The van der Waals surface area contributed by atoms with Crippen LogP contribution in [0.1, 0.15) is 33.1 Å². The summed E-state index contributed by atoms with van der Waals surface area (Å²) in [6.07, 6.45) is 6.35. The molecule has 2 heterocycles. The molecule has 0 spiro atoms. The number of hydrogen-bond donors (Lipinski definition) is 0. The number of nitrogens with zero attached hydrogens (tertiary/aromatic N) is 2. The average Bonchev–Trinajstić information content (AvgIpc) is 2.28. The second-order valence-corrected chi connectivity index (χ2v) is 5.55. The van der Waals surface area contributed by atoms with Gasteiger partial charge in [-0.25, -0.2) is 0 Å². The molecule has 2 heteroatoms. The van der Waals surface area contributed by atoms with Gasteiger partial charge in [-0.3, -0.25) is 0 Å². The maximum atomic E-state index is 2.40. The molecule has 2 nitrogen and oxygen atoms in total. The van der Waals surface area contributed by atoms with Crippen LogP contribution < -0.4 is 0 Å². The molecule has 94 valence electrons. The van der Waals surface area contributed by atoms with E-state index in [1.165, 1.54) is 38.9 Å². The van der Waals surface area contributed by atoms with E-state index in [4.69, 9.17) is 0 Å². The molecule has 0 aromatic carbocycles. The molecule has 2 rings (SSSR count). The Labute approximate surface area is 101 Å². The minimum absolute atomic E-state index is 0.978. The highest BCUT2D eigenvalue weighted by atomic mass is 15.1. The largest absolute Gasteiger partial charge is 0.306 e. The molecule has 0 aromatic rings. The van der Waals surface area contributed by atoms with Gasteiger partial charge in [0.05, 0.1) is 0 Å². The predicted molar refractivity (Wildman–Crippen MR) is 71.8 cm³/mol. The molecule has 2 aliphatic heterocycles. The van der Waals surface area contributed by atoms with Gasteiger partial charge < -0.3 is 9.80 Å². The first-order chi connectivity index (χ1) is 7.58. The van der Waals surface area contributed by atoms with E-state index in [1.54, 1.807) is 5.57 Å². The molecule has 0 atom stereocenters. The van der Waals surface area contributed by atoms with Crippen LogP contribution in [0.3, 0.4) is 0 Å². The van der Waals surface area contributed by atoms with Gasteiger partial charge >= 0.3 is 0 Å². The van der Waals surface area contributed by atoms with Gasteiger partial charge in [-0.2, -0.15) is 0 Å². The Hall–Kier alpha value is -0.340. The van der Waals surface area contributed by atoms with Crippen LogP contribution in [0.4, 0.5) is 0 Å². The van der Waals surface area contributed by atoms with Crippen molar-refractivity contribution >= 4 is 0 Å². The van der Waals surface area contributed by atoms with Gasteiger partial charge in [0.2, 0.25) is 0 Å². The first kappa shape index (κ1) is 13.7. The maximum absolute atomic E-state index is 2.40. The van der Waals surface area contributed by atoms with Crippen LogP contribution in [0.15, 0.2) is 11.6 Å². The van der Waals surface area contributed by atoms with Crippen molar-refractivity contribution in [3.63, 3.8) is 0 Å². The number of piperidine rings is 1. The van der Waals surface area contributed by atoms with Gasteiger partial charge in [0.25, 0.3) is 0 Å². The first-order valence-corrected chi connectivity index (χ1v) is 6.60. The maximum Gasteiger partial charge on any atom is 0.0162 e. The number of likely N-dealkylation sites (tertiary alicyclic amines) is 1. The van der Waals surface area contributed by atoms with Crippen LogP contribution >= 0.6 is 0 Å². The lowest BCUT2D eigenvalue weighted by Gasteiger charge is -2.26. The van der Waals surface area contributed by atoms with Crippen LogP contribution in [-0.4, -0.2) is 50.1 Å². The summed E-state index contributed by atoms with van der Waals surface area (Å²) in [5, 5.41) is 0. The summed E-state index contributed by atoms with van der Waals surface area (Å²) in [5.74, 6) is 0.978. The van der Waals surface area contributed by atoms with Crippen LogP contribution in [0.25, 0.3) is 0 Å². The van der Waals surface area contributed by atoms with Crippen LogP contribution in [0.2, 0.25) is 0 Å². The van der Waals surface area contributed by atoms with Crippen LogP contribution in [-0.2, 0) is 0 Å². The fourth-order valence-corrected chi connectivity index (χ4v) is 2.01. The highest BCUT2D eigenvalue weighted by molar-refractivity contribution is 5.02. The Kier molecular flexibility index (Phi) is 6.07. The summed E-state index contributed by atoms with van der Waals surface area (Å²) in [4.78, 5) is 4.73. The lowest BCUT2D eigenvalue weighted by molar-refractivity contribution is 0.230. The van der Waals surface area contributed by atoms with Crippen LogP contribution in [0.5, 0.6) is 0 Å². The number of hydrogen-bond acceptors (Lipinski definition) is 2. The zero-order valence-electron chi connectivity index (χ0n) is 11.5. The van der Waals surface area contributed by atoms with Crippen molar-refractivity contribution in [1.29, 1.82) is 0 Å².